The molecule has 34 heavy (non-hydrogen) atoms. The van der Waals surface area contributed by atoms with E-state index in [1.54, 1.807) is 12.1 Å². The van der Waals surface area contributed by atoms with Gasteiger partial charge in [0.25, 0.3) is 0 Å². The first kappa shape index (κ1) is 22.0. The number of ether oxygens (including phenoxy) is 3. The molecule has 4 heterocycles. The molecule has 1 aromatic rings. The van der Waals surface area contributed by atoms with E-state index in [1.807, 2.05) is 34.6 Å². The van der Waals surface area contributed by atoms with Crippen LogP contribution in [0.3, 0.4) is 0 Å². The number of allylic oxidation sites excluding steroid dienone is 1. The number of aliphatic hydroxyl groups is 1. The fourth-order valence-corrected chi connectivity index (χ4v) is 8.66. The molecule has 3 aliphatic heterocycles. The second-order valence-corrected chi connectivity index (χ2v) is 11.9. The number of cyclic esters (lactones) is 2. The molecule has 0 radical (unpaired) electrons. The maximum atomic E-state index is 14.2. The minimum absolute atomic E-state index is 0.0903. The fourth-order valence-electron chi connectivity index (χ4n) is 8.66. The second-order valence-electron chi connectivity index (χ2n) is 11.9. The summed E-state index contributed by atoms with van der Waals surface area (Å²) in [6, 6.07) is 1.74. The molecule has 6 rings (SSSR count). The summed E-state index contributed by atoms with van der Waals surface area (Å²) in [5.74, 6) is -2.00. The van der Waals surface area contributed by atoms with Crippen LogP contribution in [0.2, 0.25) is 0 Å². The van der Waals surface area contributed by atoms with Gasteiger partial charge in [-0.25, -0.2) is 9.59 Å². The van der Waals surface area contributed by atoms with E-state index < -0.39 is 63.6 Å². The molecule has 9 atom stereocenters. The van der Waals surface area contributed by atoms with Crippen LogP contribution >= 0.6 is 0 Å². The molecule has 182 valence electrons. The molecule has 2 saturated heterocycles. The summed E-state index contributed by atoms with van der Waals surface area (Å²) in [6.45, 7) is 9.39. The average Bonchev–Trinajstić information content (AvgIpc) is 3.34. The lowest BCUT2D eigenvalue weighted by Gasteiger charge is -2.66. The summed E-state index contributed by atoms with van der Waals surface area (Å²) in [4.78, 5) is 39.7. The lowest BCUT2D eigenvalue weighted by molar-refractivity contribution is -0.239. The first-order chi connectivity index (χ1) is 15.8. The molecule has 0 bridgehead atoms. The number of carbonyl (C=O) groups excluding carboxylic acids is 3. The van der Waals surface area contributed by atoms with Crippen molar-refractivity contribution in [3.8, 4) is 0 Å². The predicted octanol–water partition coefficient (Wildman–Crippen LogP) is 2.90. The maximum Gasteiger partial charge on any atom is 0.339 e. The third-order valence-corrected chi connectivity index (χ3v) is 9.92. The fraction of sp³-hybridized carbons (Fsp3) is 0.654. The van der Waals surface area contributed by atoms with Crippen LogP contribution < -0.4 is 0 Å². The summed E-state index contributed by atoms with van der Waals surface area (Å²) >= 11 is 0. The molecule has 8 nitrogen and oxygen atoms in total. The number of rotatable bonds is 1. The van der Waals surface area contributed by atoms with Crippen LogP contribution in [0, 0.1) is 28.1 Å². The summed E-state index contributed by atoms with van der Waals surface area (Å²) in [7, 11) is 0. The van der Waals surface area contributed by atoms with Crippen molar-refractivity contribution in [2.45, 2.75) is 77.0 Å². The van der Waals surface area contributed by atoms with Crippen molar-refractivity contribution in [3.05, 3.63) is 36.3 Å². The van der Waals surface area contributed by atoms with Crippen LogP contribution in [0.25, 0.3) is 0 Å². The first-order valence-electron chi connectivity index (χ1n) is 11.9. The number of Topliss-reactive ketones (excluding diaryl/α,β-unsaturated/α-hetero) is 1. The molecule has 5 aliphatic rings. The Morgan fingerprint density at radius 2 is 1.79 bits per heavy atom. The average molecular weight is 471 g/mol. The lowest BCUT2D eigenvalue weighted by atomic mass is 9.37. The number of aliphatic hydroxyl groups excluding tert-OH is 1. The van der Waals surface area contributed by atoms with Crippen molar-refractivity contribution in [1.82, 2.24) is 0 Å². The zero-order chi connectivity index (χ0) is 24.5. The Morgan fingerprint density at radius 1 is 1.06 bits per heavy atom. The summed E-state index contributed by atoms with van der Waals surface area (Å²) in [6.07, 6.45) is 4.12. The molecule has 4 fully saturated rings. The third-order valence-electron chi connectivity index (χ3n) is 9.92. The zero-order valence-corrected chi connectivity index (χ0v) is 20.0. The van der Waals surface area contributed by atoms with E-state index >= 15 is 0 Å². The highest BCUT2D eigenvalue weighted by atomic mass is 16.7. The number of carbonyl (C=O) groups is 3. The first-order valence-corrected chi connectivity index (χ1v) is 11.9. The third kappa shape index (κ3) is 2.25. The van der Waals surface area contributed by atoms with E-state index in [4.69, 9.17) is 18.6 Å². The minimum atomic E-state index is -1.19. The van der Waals surface area contributed by atoms with Gasteiger partial charge in [-0.15, -0.1) is 0 Å². The van der Waals surface area contributed by atoms with Crippen molar-refractivity contribution in [2.24, 2.45) is 28.1 Å². The Bertz CT molecular complexity index is 1140. The van der Waals surface area contributed by atoms with Crippen LogP contribution in [-0.2, 0) is 28.6 Å². The van der Waals surface area contributed by atoms with Crippen LogP contribution in [0.5, 0.6) is 0 Å². The highest BCUT2D eigenvalue weighted by Crippen LogP contribution is 2.78. The minimum Gasteiger partial charge on any atom is -0.472 e. The number of furan rings is 1. The largest absolute Gasteiger partial charge is 0.472 e. The number of ketones is 1. The number of esters is 2. The molecule has 1 aromatic heterocycles. The lowest BCUT2D eigenvalue weighted by Crippen LogP contribution is -2.74. The summed E-state index contributed by atoms with van der Waals surface area (Å²) in [5, 5.41) is 11.8. The molecular weight excluding hydrogens is 440 g/mol. The normalized spacial score (nSPS) is 50.6. The molecule has 0 amide bonds. The van der Waals surface area contributed by atoms with Gasteiger partial charge in [0, 0.05) is 35.3 Å². The van der Waals surface area contributed by atoms with Crippen molar-refractivity contribution < 1.29 is 38.1 Å². The number of fused-ring (bicyclic) bond motifs is 3. The van der Waals surface area contributed by atoms with Crippen LogP contribution in [0.1, 0.15) is 59.1 Å². The Hall–Kier alpha value is -2.45. The molecule has 0 unspecified atom stereocenters. The van der Waals surface area contributed by atoms with E-state index in [9.17, 15) is 19.5 Å². The molecule has 8 heteroatoms. The van der Waals surface area contributed by atoms with E-state index in [0.717, 1.165) is 0 Å². The van der Waals surface area contributed by atoms with Gasteiger partial charge in [0.1, 0.15) is 23.1 Å². The van der Waals surface area contributed by atoms with Gasteiger partial charge in [0.2, 0.25) is 0 Å². The summed E-state index contributed by atoms with van der Waals surface area (Å²) < 4.78 is 23.1. The SMILES string of the molecule is CC1(C)OC(=O)C=C[C@]2(C)[C@H]3[C@@H](O)C[C@@]4(C)[C@H](c5ccoc5)OC(=O)[C@H]5O[C@]54[C@]3(C)C(=O)C[C@@H]12. The van der Waals surface area contributed by atoms with Crippen LogP contribution in [-0.4, -0.2) is 46.2 Å². The molecular formula is C26H30O8. The smallest absolute Gasteiger partial charge is 0.339 e. The quantitative estimate of drug-likeness (QED) is 0.492. The Morgan fingerprint density at radius 3 is 2.47 bits per heavy atom. The van der Waals surface area contributed by atoms with Gasteiger partial charge >= 0.3 is 11.9 Å². The standard InChI is InChI=1S/C26H30O8/c1-22(2)15-10-16(28)25(5)18(23(15,3)8-6-17(29)33-22)14(27)11-24(4)19(13-7-9-31-12-13)32-21(30)20-26(24,25)34-20/h6-9,12,14-15,18-20,27H,10-11H2,1-5H3/t14-,15-,18+,19-,20+,23-,24-,25+,26+/m0/s1. The molecule has 0 aromatic carbocycles. The second kappa shape index (κ2) is 6.21. The van der Waals surface area contributed by atoms with E-state index in [1.165, 1.54) is 18.6 Å². The number of hydrogen-bond donors (Lipinski definition) is 1. The van der Waals surface area contributed by atoms with Gasteiger partial charge in [0.05, 0.1) is 24.0 Å². The van der Waals surface area contributed by atoms with E-state index in [2.05, 4.69) is 0 Å². The topological polar surface area (TPSA) is 116 Å². The zero-order valence-electron chi connectivity index (χ0n) is 20.0. The Balaban J connectivity index is 1.56. The Kier molecular flexibility index (Phi) is 4.02. The molecule has 1 N–H and O–H groups in total. The summed E-state index contributed by atoms with van der Waals surface area (Å²) in [5.41, 5.74) is -4.20. The van der Waals surface area contributed by atoms with E-state index in [0.29, 0.717) is 5.56 Å². The van der Waals surface area contributed by atoms with Gasteiger partial charge in [0.15, 0.2) is 6.10 Å². The van der Waals surface area contributed by atoms with Crippen molar-refractivity contribution in [2.75, 3.05) is 0 Å². The highest BCUT2D eigenvalue weighted by Gasteiger charge is 2.89. The van der Waals surface area contributed by atoms with Gasteiger partial charge in [-0.3, -0.25) is 4.79 Å². The van der Waals surface area contributed by atoms with Crippen molar-refractivity contribution in [1.29, 1.82) is 0 Å². The number of epoxide rings is 1. The van der Waals surface area contributed by atoms with Crippen LogP contribution in [0.15, 0.2) is 35.2 Å². The van der Waals surface area contributed by atoms with Gasteiger partial charge in [-0.05, 0) is 38.7 Å². The maximum absolute atomic E-state index is 14.2. The Labute approximate surface area is 197 Å². The van der Waals surface area contributed by atoms with Crippen molar-refractivity contribution in [3.63, 3.8) is 0 Å². The molecule has 2 saturated carbocycles. The van der Waals surface area contributed by atoms with Crippen molar-refractivity contribution >= 4 is 17.7 Å². The predicted molar refractivity (Wildman–Crippen MR) is 116 cm³/mol. The van der Waals surface area contributed by atoms with Gasteiger partial charge in [-0.2, -0.15) is 0 Å². The van der Waals surface area contributed by atoms with Gasteiger partial charge < -0.3 is 23.7 Å². The van der Waals surface area contributed by atoms with E-state index in [-0.39, 0.29) is 24.5 Å². The molecule has 2 aliphatic carbocycles. The number of hydrogen-bond acceptors (Lipinski definition) is 8. The van der Waals surface area contributed by atoms with Crippen LogP contribution in [0.4, 0.5) is 0 Å². The highest BCUT2D eigenvalue weighted by molar-refractivity contribution is 5.93. The monoisotopic (exact) mass is 470 g/mol. The molecule has 1 spiro atoms. The van der Waals surface area contributed by atoms with Gasteiger partial charge in [-0.1, -0.05) is 19.9 Å².